The van der Waals surface area contributed by atoms with Crippen LogP contribution in [-0.4, -0.2) is 26.0 Å². The van der Waals surface area contributed by atoms with Crippen molar-refractivity contribution in [3.8, 4) is 5.88 Å². The van der Waals surface area contributed by atoms with Gasteiger partial charge in [-0.3, -0.25) is 10.1 Å². The maximum Gasteiger partial charge on any atom is 0.512 e. The molecule has 0 aliphatic heterocycles. The lowest BCUT2D eigenvalue weighted by Gasteiger charge is -1.97. The molecule has 0 unspecified atom stereocenters. The second-order valence-electron chi connectivity index (χ2n) is 2.08. The van der Waals surface area contributed by atoms with E-state index in [4.69, 9.17) is 5.11 Å². The highest BCUT2D eigenvalue weighted by Gasteiger charge is 2.22. The predicted octanol–water partition coefficient (Wildman–Crippen LogP) is 0.385. The van der Waals surface area contributed by atoms with Gasteiger partial charge in [0, 0.05) is 7.05 Å². The van der Waals surface area contributed by atoms with E-state index in [2.05, 4.69) is 9.84 Å². The Kier molecular flexibility index (Phi) is 2.13. The summed E-state index contributed by atoms with van der Waals surface area (Å²) in [6, 6.07) is 0. The molecule has 0 radical (unpaired) electrons. The largest absolute Gasteiger partial charge is 0.512 e. The second kappa shape index (κ2) is 3.09. The zero-order chi connectivity index (χ0) is 10.0. The van der Waals surface area contributed by atoms with Gasteiger partial charge in [0.05, 0.1) is 4.92 Å². The number of aromatic nitrogens is 2. The number of carboxylic acid groups (broad SMARTS) is 1. The van der Waals surface area contributed by atoms with Crippen molar-refractivity contribution in [2.45, 2.75) is 0 Å². The standard InChI is InChI=1S/C5H5N3O5/c1-7-4(13-5(9)10)3(2-6-7)8(11)12/h2H,1H3,(H,9,10). The topological polar surface area (TPSA) is 107 Å². The average molecular weight is 187 g/mol. The molecule has 0 atom stereocenters. The molecule has 0 aromatic carbocycles. The monoisotopic (exact) mass is 187 g/mol. The molecule has 13 heavy (non-hydrogen) atoms. The summed E-state index contributed by atoms with van der Waals surface area (Å²) in [7, 11) is 1.34. The Hall–Kier alpha value is -2.12. The lowest BCUT2D eigenvalue weighted by atomic mass is 10.6. The van der Waals surface area contributed by atoms with Gasteiger partial charge in [0.1, 0.15) is 6.20 Å². The molecule has 1 aromatic heterocycles. The van der Waals surface area contributed by atoms with E-state index in [9.17, 15) is 14.9 Å². The number of nitro groups is 1. The van der Waals surface area contributed by atoms with Crippen LogP contribution in [-0.2, 0) is 7.05 Å². The van der Waals surface area contributed by atoms with Crippen molar-refractivity contribution < 1.29 is 19.6 Å². The quantitative estimate of drug-likeness (QED) is 0.407. The zero-order valence-electron chi connectivity index (χ0n) is 6.50. The number of aryl methyl sites for hydroxylation is 1. The molecule has 8 heteroatoms. The fourth-order valence-corrected chi connectivity index (χ4v) is 0.741. The SMILES string of the molecule is Cn1ncc([N+](=O)[O-])c1OC(=O)O. The summed E-state index contributed by atoms with van der Waals surface area (Å²) in [5.74, 6) is -0.405. The molecule has 0 spiro atoms. The van der Waals surface area contributed by atoms with Gasteiger partial charge in [-0.25, -0.2) is 9.48 Å². The van der Waals surface area contributed by atoms with Crippen LogP contribution < -0.4 is 4.74 Å². The minimum atomic E-state index is -1.62. The Labute approximate surface area is 71.5 Å². The first-order valence-corrected chi connectivity index (χ1v) is 3.09. The molecule has 8 nitrogen and oxygen atoms in total. The van der Waals surface area contributed by atoms with Gasteiger partial charge in [-0.15, -0.1) is 0 Å². The smallest absolute Gasteiger partial charge is 0.449 e. The minimum absolute atomic E-state index is 0.405. The highest BCUT2D eigenvalue weighted by Crippen LogP contribution is 2.24. The Bertz CT molecular complexity index is 357. The van der Waals surface area contributed by atoms with Crippen molar-refractivity contribution in [1.29, 1.82) is 0 Å². The van der Waals surface area contributed by atoms with Crippen LogP contribution in [0, 0.1) is 10.1 Å². The summed E-state index contributed by atoms with van der Waals surface area (Å²) in [6.07, 6.45) is -0.704. The average Bonchev–Trinajstić information content (AvgIpc) is 2.32. The van der Waals surface area contributed by atoms with Gasteiger partial charge in [-0.1, -0.05) is 0 Å². The summed E-state index contributed by atoms with van der Waals surface area (Å²) in [4.78, 5) is 19.6. The third kappa shape index (κ3) is 1.72. The van der Waals surface area contributed by atoms with Crippen molar-refractivity contribution in [1.82, 2.24) is 9.78 Å². The van der Waals surface area contributed by atoms with Crippen molar-refractivity contribution in [3.63, 3.8) is 0 Å². The minimum Gasteiger partial charge on any atom is -0.449 e. The van der Waals surface area contributed by atoms with Crippen LogP contribution >= 0.6 is 0 Å². The normalized spacial score (nSPS) is 9.62. The van der Waals surface area contributed by atoms with Crippen LogP contribution in [0.15, 0.2) is 6.20 Å². The molecule has 0 aliphatic rings. The summed E-state index contributed by atoms with van der Waals surface area (Å²) >= 11 is 0. The molecule has 0 aliphatic carbocycles. The third-order valence-electron chi connectivity index (χ3n) is 1.25. The summed E-state index contributed by atoms with van der Waals surface area (Å²) in [5, 5.41) is 22.0. The summed E-state index contributed by atoms with van der Waals surface area (Å²) < 4.78 is 5.12. The van der Waals surface area contributed by atoms with Gasteiger partial charge in [-0.2, -0.15) is 5.10 Å². The van der Waals surface area contributed by atoms with Crippen molar-refractivity contribution in [2.75, 3.05) is 0 Å². The molecule has 1 aromatic rings. The fraction of sp³-hybridized carbons (Fsp3) is 0.200. The van der Waals surface area contributed by atoms with Crippen molar-refractivity contribution >= 4 is 11.8 Å². The molecule has 1 rings (SSSR count). The first-order valence-electron chi connectivity index (χ1n) is 3.09. The van der Waals surface area contributed by atoms with Crippen LogP contribution in [0.5, 0.6) is 5.88 Å². The van der Waals surface area contributed by atoms with Crippen molar-refractivity contribution in [2.24, 2.45) is 7.05 Å². The molecule has 0 fully saturated rings. The first kappa shape index (κ1) is 8.97. The van der Waals surface area contributed by atoms with Gasteiger partial charge < -0.3 is 9.84 Å². The Morgan fingerprint density at radius 3 is 2.92 bits per heavy atom. The fourth-order valence-electron chi connectivity index (χ4n) is 0.741. The second-order valence-corrected chi connectivity index (χ2v) is 2.08. The van der Waals surface area contributed by atoms with Gasteiger partial charge >= 0.3 is 17.7 Å². The molecule has 0 saturated heterocycles. The molecule has 0 saturated carbocycles. The molecule has 70 valence electrons. The number of hydrogen-bond acceptors (Lipinski definition) is 5. The van der Waals surface area contributed by atoms with Crippen LogP contribution in [0.1, 0.15) is 0 Å². The van der Waals surface area contributed by atoms with Crippen LogP contribution in [0.2, 0.25) is 0 Å². The van der Waals surface area contributed by atoms with Gasteiger partial charge in [-0.05, 0) is 0 Å². The highest BCUT2D eigenvalue weighted by atomic mass is 16.7. The predicted molar refractivity (Wildman–Crippen MR) is 38.5 cm³/mol. The van der Waals surface area contributed by atoms with Crippen LogP contribution in [0.25, 0.3) is 0 Å². The first-order chi connectivity index (χ1) is 6.02. The molecular weight excluding hydrogens is 182 g/mol. The Morgan fingerprint density at radius 2 is 2.46 bits per heavy atom. The zero-order valence-corrected chi connectivity index (χ0v) is 6.50. The van der Waals surface area contributed by atoms with Crippen LogP contribution in [0.3, 0.4) is 0 Å². The molecule has 0 amide bonds. The lowest BCUT2D eigenvalue weighted by Crippen LogP contribution is -2.08. The van der Waals surface area contributed by atoms with E-state index >= 15 is 0 Å². The molecule has 1 heterocycles. The van der Waals surface area contributed by atoms with Gasteiger partial charge in [0.25, 0.3) is 0 Å². The maximum atomic E-state index is 10.3. The van der Waals surface area contributed by atoms with Gasteiger partial charge in [0.15, 0.2) is 0 Å². The summed E-state index contributed by atoms with van der Waals surface area (Å²) in [6.45, 7) is 0. The Balaban J connectivity index is 3.08. The van der Waals surface area contributed by atoms with E-state index < -0.39 is 22.6 Å². The van der Waals surface area contributed by atoms with E-state index in [1.807, 2.05) is 0 Å². The van der Waals surface area contributed by atoms with Crippen molar-refractivity contribution in [3.05, 3.63) is 16.3 Å². The Morgan fingerprint density at radius 1 is 1.85 bits per heavy atom. The van der Waals surface area contributed by atoms with Gasteiger partial charge in [0.2, 0.25) is 0 Å². The number of hydrogen-bond donors (Lipinski definition) is 1. The van der Waals surface area contributed by atoms with E-state index in [-0.39, 0.29) is 0 Å². The van der Waals surface area contributed by atoms with Crippen LogP contribution in [0.4, 0.5) is 10.5 Å². The maximum absolute atomic E-state index is 10.3. The number of ether oxygens (including phenoxy) is 1. The van der Waals surface area contributed by atoms with E-state index in [0.29, 0.717) is 0 Å². The number of carbonyl (C=O) groups is 1. The number of rotatable bonds is 2. The molecular formula is C5H5N3O5. The van der Waals surface area contributed by atoms with E-state index in [1.54, 1.807) is 0 Å². The van der Waals surface area contributed by atoms with E-state index in [0.717, 1.165) is 10.9 Å². The summed E-state index contributed by atoms with van der Waals surface area (Å²) in [5.41, 5.74) is -0.482. The highest BCUT2D eigenvalue weighted by molar-refractivity contribution is 5.62. The molecule has 1 N–H and O–H groups in total. The third-order valence-corrected chi connectivity index (χ3v) is 1.25. The number of nitrogens with zero attached hydrogens (tertiary/aromatic N) is 3. The lowest BCUT2D eigenvalue weighted by molar-refractivity contribution is -0.385. The van der Waals surface area contributed by atoms with E-state index in [1.165, 1.54) is 7.05 Å². The molecule has 0 bridgehead atoms.